The second-order valence-electron chi connectivity index (χ2n) is 4.51. The molecule has 0 aliphatic carbocycles. The van der Waals surface area contributed by atoms with Gasteiger partial charge in [-0.1, -0.05) is 11.6 Å². The lowest BCUT2D eigenvalue weighted by molar-refractivity contribution is 0.146. The molecule has 1 heterocycles. The van der Waals surface area contributed by atoms with E-state index in [9.17, 15) is 4.79 Å². The summed E-state index contributed by atoms with van der Waals surface area (Å²) in [6.07, 6.45) is 0. The van der Waals surface area contributed by atoms with Crippen molar-refractivity contribution < 1.29 is 18.7 Å². The quantitative estimate of drug-likeness (QED) is 0.751. The number of aryl methyl sites for hydroxylation is 1. The molecule has 23 heavy (non-hydrogen) atoms. The summed E-state index contributed by atoms with van der Waals surface area (Å²) in [5.74, 6) is 1.30. The summed E-state index contributed by atoms with van der Waals surface area (Å²) in [6, 6.07) is 4.55. The van der Waals surface area contributed by atoms with E-state index in [4.69, 9.17) is 25.5 Å². The lowest BCUT2D eigenvalue weighted by Gasteiger charge is -2.10. The number of rotatable bonds is 7. The van der Waals surface area contributed by atoms with Gasteiger partial charge in [-0.2, -0.15) is 0 Å². The van der Waals surface area contributed by atoms with Crippen molar-refractivity contribution in [3.8, 4) is 5.75 Å². The summed E-state index contributed by atoms with van der Waals surface area (Å²) in [5.41, 5.74) is 0.535. The van der Waals surface area contributed by atoms with Crippen molar-refractivity contribution in [1.82, 2.24) is 15.5 Å². The van der Waals surface area contributed by atoms with Crippen molar-refractivity contribution in [2.75, 3.05) is 25.6 Å². The topological polar surface area (TPSA) is 98.5 Å². The molecule has 2 rings (SSSR count). The third-order valence-electron chi connectivity index (χ3n) is 2.70. The predicted molar refractivity (Wildman–Crippen MR) is 83.7 cm³/mol. The van der Waals surface area contributed by atoms with Gasteiger partial charge in [-0.25, -0.2) is 4.79 Å². The normalized spacial score (nSPS) is 10.4. The molecule has 0 unspecified atom stereocenters. The lowest BCUT2D eigenvalue weighted by Crippen LogP contribution is -2.28. The fourth-order valence-corrected chi connectivity index (χ4v) is 1.91. The number of amides is 2. The highest BCUT2D eigenvalue weighted by atomic mass is 35.5. The van der Waals surface area contributed by atoms with Crippen molar-refractivity contribution in [3.63, 3.8) is 0 Å². The molecule has 0 radical (unpaired) electrons. The SMILES string of the molecule is COCCOc1ccc(NC(=O)NCc2nnc(C)o2)cc1Cl. The molecule has 1 aromatic heterocycles. The van der Waals surface area contributed by atoms with Gasteiger partial charge in [-0.3, -0.25) is 0 Å². The van der Waals surface area contributed by atoms with Gasteiger partial charge in [0, 0.05) is 19.7 Å². The van der Waals surface area contributed by atoms with E-state index in [1.807, 2.05) is 0 Å². The van der Waals surface area contributed by atoms with Gasteiger partial charge in [0.25, 0.3) is 0 Å². The highest BCUT2D eigenvalue weighted by molar-refractivity contribution is 6.32. The highest BCUT2D eigenvalue weighted by Crippen LogP contribution is 2.27. The Morgan fingerprint density at radius 1 is 1.35 bits per heavy atom. The van der Waals surface area contributed by atoms with E-state index in [0.717, 1.165) is 0 Å². The first-order chi connectivity index (χ1) is 11.1. The average molecular weight is 341 g/mol. The van der Waals surface area contributed by atoms with Crippen molar-refractivity contribution in [2.24, 2.45) is 0 Å². The van der Waals surface area contributed by atoms with E-state index >= 15 is 0 Å². The second-order valence-corrected chi connectivity index (χ2v) is 4.92. The number of nitrogens with zero attached hydrogens (tertiary/aromatic N) is 2. The largest absolute Gasteiger partial charge is 0.490 e. The predicted octanol–water partition coefficient (Wildman–Crippen LogP) is 2.38. The Morgan fingerprint density at radius 3 is 2.83 bits per heavy atom. The number of benzene rings is 1. The molecule has 2 amide bonds. The van der Waals surface area contributed by atoms with Gasteiger partial charge in [-0.15, -0.1) is 10.2 Å². The number of carbonyl (C=O) groups is 1. The summed E-state index contributed by atoms with van der Waals surface area (Å²) in [7, 11) is 1.59. The maximum atomic E-state index is 11.8. The van der Waals surface area contributed by atoms with Gasteiger partial charge in [0.05, 0.1) is 18.2 Å². The summed E-state index contributed by atoms with van der Waals surface area (Å²) >= 11 is 6.10. The van der Waals surface area contributed by atoms with Crippen LogP contribution in [-0.2, 0) is 11.3 Å². The van der Waals surface area contributed by atoms with Crippen LogP contribution in [-0.4, -0.2) is 36.6 Å². The first-order valence-electron chi connectivity index (χ1n) is 6.83. The number of hydrogen-bond acceptors (Lipinski definition) is 6. The molecule has 0 aliphatic heterocycles. The van der Waals surface area contributed by atoms with Gasteiger partial charge in [0.1, 0.15) is 12.4 Å². The fraction of sp³-hybridized carbons (Fsp3) is 0.357. The zero-order valence-electron chi connectivity index (χ0n) is 12.8. The minimum atomic E-state index is -0.412. The molecule has 0 fully saturated rings. The van der Waals surface area contributed by atoms with Gasteiger partial charge >= 0.3 is 6.03 Å². The molecule has 0 spiro atoms. The first kappa shape index (κ1) is 17.0. The van der Waals surface area contributed by atoms with Crippen LogP contribution in [0.15, 0.2) is 22.6 Å². The Bertz CT molecular complexity index is 662. The Hall–Kier alpha value is -2.32. The van der Waals surface area contributed by atoms with Crippen molar-refractivity contribution in [2.45, 2.75) is 13.5 Å². The molecule has 0 saturated carbocycles. The van der Waals surface area contributed by atoms with Crippen molar-refractivity contribution in [1.29, 1.82) is 0 Å². The maximum absolute atomic E-state index is 11.8. The minimum Gasteiger partial charge on any atom is -0.490 e. The molecule has 0 bridgehead atoms. The number of nitrogens with one attached hydrogen (secondary N) is 2. The van der Waals surface area contributed by atoms with E-state index < -0.39 is 6.03 Å². The minimum absolute atomic E-state index is 0.138. The highest BCUT2D eigenvalue weighted by Gasteiger charge is 2.08. The molecular weight excluding hydrogens is 324 g/mol. The summed E-state index contributed by atoms with van der Waals surface area (Å²) in [4.78, 5) is 11.8. The van der Waals surface area contributed by atoms with Crippen LogP contribution in [0.5, 0.6) is 5.75 Å². The molecule has 0 aliphatic rings. The van der Waals surface area contributed by atoms with Gasteiger partial charge in [0.15, 0.2) is 0 Å². The number of ether oxygens (including phenoxy) is 2. The number of methoxy groups -OCH3 is 1. The van der Waals surface area contributed by atoms with E-state index in [-0.39, 0.29) is 6.54 Å². The zero-order chi connectivity index (χ0) is 16.7. The third-order valence-corrected chi connectivity index (χ3v) is 3.00. The molecule has 124 valence electrons. The van der Waals surface area contributed by atoms with Crippen LogP contribution in [0.25, 0.3) is 0 Å². The summed E-state index contributed by atoms with van der Waals surface area (Å²) in [5, 5.41) is 13.1. The van der Waals surface area contributed by atoms with Crippen LogP contribution in [0.3, 0.4) is 0 Å². The molecule has 0 atom stereocenters. The number of hydrogen-bond donors (Lipinski definition) is 2. The van der Waals surface area contributed by atoms with E-state index in [1.54, 1.807) is 32.2 Å². The van der Waals surface area contributed by atoms with E-state index in [1.165, 1.54) is 0 Å². The molecule has 2 aromatic rings. The fourth-order valence-electron chi connectivity index (χ4n) is 1.67. The standard InChI is InChI=1S/C14H17ClN4O4/c1-9-18-19-13(23-9)8-16-14(20)17-10-3-4-12(11(15)7-10)22-6-5-21-2/h3-4,7H,5-6,8H2,1-2H3,(H2,16,17,20). The van der Waals surface area contributed by atoms with Crippen LogP contribution < -0.4 is 15.4 Å². The number of halogens is 1. The van der Waals surface area contributed by atoms with Crippen LogP contribution in [0.4, 0.5) is 10.5 Å². The van der Waals surface area contributed by atoms with Crippen LogP contribution in [0.1, 0.15) is 11.8 Å². The number of aromatic nitrogens is 2. The molecule has 8 nitrogen and oxygen atoms in total. The summed E-state index contributed by atoms with van der Waals surface area (Å²) < 4.78 is 15.5. The van der Waals surface area contributed by atoms with Crippen molar-refractivity contribution >= 4 is 23.3 Å². The maximum Gasteiger partial charge on any atom is 0.319 e. The van der Waals surface area contributed by atoms with Crippen LogP contribution >= 0.6 is 11.6 Å². The van der Waals surface area contributed by atoms with Crippen LogP contribution in [0.2, 0.25) is 5.02 Å². The third kappa shape index (κ3) is 5.42. The molecular formula is C14H17ClN4O4. The smallest absolute Gasteiger partial charge is 0.319 e. The second kappa shape index (κ2) is 8.35. The van der Waals surface area contributed by atoms with Crippen molar-refractivity contribution in [3.05, 3.63) is 35.0 Å². The average Bonchev–Trinajstić information content (AvgIpc) is 2.93. The van der Waals surface area contributed by atoms with E-state index in [2.05, 4.69) is 20.8 Å². The summed E-state index contributed by atoms with van der Waals surface area (Å²) in [6.45, 7) is 2.68. The Morgan fingerprint density at radius 2 is 2.17 bits per heavy atom. The first-order valence-corrected chi connectivity index (χ1v) is 7.21. The number of anilines is 1. The monoisotopic (exact) mass is 340 g/mol. The number of urea groups is 1. The molecule has 1 aromatic carbocycles. The molecule has 2 N–H and O–H groups in total. The Labute approximate surface area is 138 Å². The van der Waals surface area contributed by atoms with Gasteiger partial charge in [-0.05, 0) is 18.2 Å². The Kier molecular flexibility index (Phi) is 6.19. The zero-order valence-corrected chi connectivity index (χ0v) is 13.5. The number of carbonyl (C=O) groups excluding carboxylic acids is 1. The molecule has 0 saturated heterocycles. The molecule has 9 heteroatoms. The van der Waals surface area contributed by atoms with Gasteiger partial charge in [0.2, 0.25) is 11.8 Å². The lowest BCUT2D eigenvalue weighted by atomic mass is 10.3. The van der Waals surface area contributed by atoms with Gasteiger partial charge < -0.3 is 24.5 Å². The Balaban J connectivity index is 1.84. The van der Waals surface area contributed by atoms with E-state index in [0.29, 0.717) is 41.5 Å². The van der Waals surface area contributed by atoms with Crippen LogP contribution in [0, 0.1) is 6.92 Å².